The van der Waals surface area contributed by atoms with Crippen LogP contribution in [0.4, 0.5) is 0 Å². The number of nitrogens with one attached hydrogen (secondary N) is 1. The molecule has 6 nitrogen and oxygen atoms in total. The molecule has 2 atom stereocenters. The van der Waals surface area contributed by atoms with Gasteiger partial charge in [-0.3, -0.25) is 4.79 Å². The lowest BCUT2D eigenvalue weighted by Crippen LogP contribution is -2.41. The van der Waals surface area contributed by atoms with E-state index in [1.165, 1.54) is 31.0 Å². The summed E-state index contributed by atoms with van der Waals surface area (Å²) in [4.78, 5) is 21.7. The van der Waals surface area contributed by atoms with Crippen LogP contribution in [0.3, 0.4) is 0 Å². The van der Waals surface area contributed by atoms with E-state index in [1.54, 1.807) is 4.52 Å². The van der Waals surface area contributed by atoms with Gasteiger partial charge in [0.25, 0.3) is 0 Å². The van der Waals surface area contributed by atoms with Gasteiger partial charge in [0.1, 0.15) is 5.82 Å². The molecule has 0 spiro atoms. The Morgan fingerprint density at radius 3 is 2.92 bits per heavy atom. The molecule has 7 heteroatoms. The van der Waals surface area contributed by atoms with Crippen molar-refractivity contribution in [3.05, 3.63) is 30.1 Å². The summed E-state index contributed by atoms with van der Waals surface area (Å²) < 4.78 is 1.75. The van der Waals surface area contributed by atoms with Crippen LogP contribution >= 0.6 is 11.8 Å². The van der Waals surface area contributed by atoms with Crippen LogP contribution < -0.4 is 5.32 Å². The van der Waals surface area contributed by atoms with E-state index < -0.39 is 0 Å². The topological polar surface area (TPSA) is 72.2 Å². The largest absolute Gasteiger partial charge is 0.352 e. The van der Waals surface area contributed by atoms with E-state index in [-0.39, 0.29) is 5.91 Å². The molecule has 0 saturated heterocycles. The summed E-state index contributed by atoms with van der Waals surface area (Å²) in [5.74, 6) is 1.66. The van der Waals surface area contributed by atoms with Crippen LogP contribution in [0.2, 0.25) is 0 Å². The molecule has 2 heterocycles. The number of rotatable bonds is 4. The summed E-state index contributed by atoms with van der Waals surface area (Å²) in [6, 6.07) is 8.19. The zero-order valence-corrected chi connectivity index (χ0v) is 15.9. The number of hydrogen-bond acceptors (Lipinski definition) is 5. The van der Waals surface area contributed by atoms with Crippen LogP contribution in [-0.2, 0) is 4.79 Å². The Labute approximate surface area is 156 Å². The number of fused-ring (bicyclic) bond motifs is 3. The standard InChI is InChI=1S/C19H23N5OS/c1-12-7-3-5-9-15(12)21-17(25)11-26-19-22-16-10-6-4-8-14(16)18-20-13(2)23-24(18)19/h4,6,8,10,12,15H,3,5,7,9,11H2,1-2H3,(H,21,25)/t12-,15-/m0/s1. The average molecular weight is 369 g/mol. The second-order valence-electron chi connectivity index (χ2n) is 7.03. The van der Waals surface area contributed by atoms with E-state index in [0.717, 1.165) is 23.0 Å². The smallest absolute Gasteiger partial charge is 0.230 e. The molecule has 136 valence electrons. The maximum atomic E-state index is 12.4. The molecule has 26 heavy (non-hydrogen) atoms. The monoisotopic (exact) mass is 369 g/mol. The quantitative estimate of drug-likeness (QED) is 0.564. The molecule has 0 aliphatic heterocycles. The molecule has 1 aliphatic carbocycles. The van der Waals surface area contributed by atoms with E-state index in [0.29, 0.717) is 28.7 Å². The lowest BCUT2D eigenvalue weighted by atomic mass is 9.86. The number of hydrogen-bond donors (Lipinski definition) is 1. The van der Waals surface area contributed by atoms with Crippen LogP contribution in [0.1, 0.15) is 38.4 Å². The molecule has 3 aromatic rings. The van der Waals surface area contributed by atoms with Crippen LogP contribution in [0.15, 0.2) is 29.4 Å². The molecule has 2 aromatic heterocycles. The van der Waals surface area contributed by atoms with Crippen molar-refractivity contribution in [2.45, 2.75) is 50.7 Å². The maximum Gasteiger partial charge on any atom is 0.230 e. The van der Waals surface area contributed by atoms with Crippen LogP contribution in [0.25, 0.3) is 16.6 Å². The molecule has 1 fully saturated rings. The van der Waals surface area contributed by atoms with Crippen LogP contribution in [0.5, 0.6) is 0 Å². The number of para-hydroxylation sites is 1. The number of carbonyl (C=O) groups is 1. The number of amides is 1. The van der Waals surface area contributed by atoms with E-state index >= 15 is 0 Å². The summed E-state index contributed by atoms with van der Waals surface area (Å²) >= 11 is 1.41. The molecule has 0 unspecified atom stereocenters. The Bertz CT molecular complexity index is 954. The van der Waals surface area contributed by atoms with Gasteiger partial charge in [-0.05, 0) is 37.8 Å². The van der Waals surface area contributed by atoms with Gasteiger partial charge in [0.15, 0.2) is 10.8 Å². The number of aromatic nitrogens is 4. The normalized spacial score (nSPS) is 20.5. The minimum atomic E-state index is 0.0636. The summed E-state index contributed by atoms with van der Waals surface area (Å²) in [6.45, 7) is 4.09. The molecule has 0 radical (unpaired) electrons. The van der Waals surface area contributed by atoms with Crippen molar-refractivity contribution in [2.24, 2.45) is 5.92 Å². The zero-order valence-electron chi connectivity index (χ0n) is 15.1. The Kier molecular flexibility index (Phi) is 4.80. The predicted octanol–water partition coefficient (Wildman–Crippen LogP) is 3.37. The Hall–Kier alpha value is -2.15. The second-order valence-corrected chi connectivity index (χ2v) is 7.97. The molecule has 1 aliphatic rings. The minimum Gasteiger partial charge on any atom is -0.352 e. The van der Waals surface area contributed by atoms with Gasteiger partial charge in [-0.15, -0.1) is 5.10 Å². The van der Waals surface area contributed by atoms with Crippen molar-refractivity contribution in [1.29, 1.82) is 0 Å². The Morgan fingerprint density at radius 2 is 2.08 bits per heavy atom. The number of nitrogens with zero attached hydrogens (tertiary/aromatic N) is 4. The number of thioether (sulfide) groups is 1. The molecule has 1 N–H and O–H groups in total. The molecular weight excluding hydrogens is 346 g/mol. The van der Waals surface area contributed by atoms with Crippen molar-refractivity contribution in [2.75, 3.05) is 5.75 Å². The van der Waals surface area contributed by atoms with E-state index in [2.05, 4.69) is 22.3 Å². The van der Waals surface area contributed by atoms with Crippen molar-refractivity contribution in [1.82, 2.24) is 24.9 Å². The third-order valence-electron chi connectivity index (χ3n) is 5.05. The van der Waals surface area contributed by atoms with Gasteiger partial charge < -0.3 is 5.32 Å². The van der Waals surface area contributed by atoms with Gasteiger partial charge in [0.2, 0.25) is 5.91 Å². The highest BCUT2D eigenvalue weighted by molar-refractivity contribution is 7.99. The van der Waals surface area contributed by atoms with E-state index in [1.807, 2.05) is 31.2 Å². The van der Waals surface area contributed by atoms with Crippen molar-refractivity contribution < 1.29 is 4.79 Å². The summed E-state index contributed by atoms with van der Waals surface area (Å²) in [5, 5.41) is 9.33. The molecule has 0 bridgehead atoms. The van der Waals surface area contributed by atoms with Gasteiger partial charge in [0.05, 0.1) is 11.3 Å². The lowest BCUT2D eigenvalue weighted by Gasteiger charge is -2.29. The average Bonchev–Trinajstić information content (AvgIpc) is 3.03. The molecule has 1 aromatic carbocycles. The SMILES string of the molecule is Cc1nc2c3ccccc3nc(SCC(=O)N[C@H]3CCCC[C@@H]3C)n2n1. The van der Waals surface area contributed by atoms with Gasteiger partial charge in [-0.1, -0.05) is 43.7 Å². The van der Waals surface area contributed by atoms with Gasteiger partial charge >= 0.3 is 0 Å². The molecule has 1 saturated carbocycles. The zero-order chi connectivity index (χ0) is 18.1. The number of carbonyl (C=O) groups excluding carboxylic acids is 1. The third kappa shape index (κ3) is 3.40. The lowest BCUT2D eigenvalue weighted by molar-refractivity contribution is -0.119. The fourth-order valence-corrected chi connectivity index (χ4v) is 4.39. The first-order chi connectivity index (χ1) is 12.6. The molecule has 1 amide bonds. The van der Waals surface area contributed by atoms with Gasteiger partial charge in [0, 0.05) is 11.4 Å². The maximum absolute atomic E-state index is 12.4. The Balaban J connectivity index is 1.53. The fourth-order valence-electron chi connectivity index (χ4n) is 3.64. The third-order valence-corrected chi connectivity index (χ3v) is 5.97. The summed E-state index contributed by atoms with van der Waals surface area (Å²) in [7, 11) is 0. The molecule has 4 rings (SSSR count). The van der Waals surface area contributed by atoms with E-state index in [4.69, 9.17) is 4.98 Å². The Morgan fingerprint density at radius 1 is 1.27 bits per heavy atom. The minimum absolute atomic E-state index is 0.0636. The first-order valence-electron chi connectivity index (χ1n) is 9.16. The summed E-state index contributed by atoms with van der Waals surface area (Å²) in [6.07, 6.45) is 4.75. The van der Waals surface area contributed by atoms with Crippen molar-refractivity contribution in [3.8, 4) is 0 Å². The highest BCUT2D eigenvalue weighted by atomic mass is 32.2. The highest BCUT2D eigenvalue weighted by Gasteiger charge is 2.23. The summed E-state index contributed by atoms with van der Waals surface area (Å²) in [5.41, 5.74) is 1.66. The highest BCUT2D eigenvalue weighted by Crippen LogP contribution is 2.25. The van der Waals surface area contributed by atoms with Crippen LogP contribution in [0, 0.1) is 12.8 Å². The molecular formula is C19H23N5OS. The fraction of sp³-hybridized carbons (Fsp3) is 0.474. The number of benzene rings is 1. The van der Waals surface area contributed by atoms with Crippen molar-refractivity contribution >= 4 is 34.2 Å². The first kappa shape index (κ1) is 17.3. The second kappa shape index (κ2) is 7.23. The van der Waals surface area contributed by atoms with E-state index in [9.17, 15) is 4.79 Å². The van der Waals surface area contributed by atoms with Crippen molar-refractivity contribution in [3.63, 3.8) is 0 Å². The predicted molar refractivity (Wildman–Crippen MR) is 103 cm³/mol. The van der Waals surface area contributed by atoms with Gasteiger partial charge in [-0.2, -0.15) is 4.52 Å². The number of aryl methyl sites for hydroxylation is 1. The van der Waals surface area contributed by atoms with Crippen LogP contribution in [-0.4, -0.2) is 37.3 Å². The first-order valence-corrected chi connectivity index (χ1v) is 10.1. The van der Waals surface area contributed by atoms with Gasteiger partial charge in [-0.25, -0.2) is 9.97 Å².